The molecule has 0 fully saturated rings. The fourth-order valence-corrected chi connectivity index (χ4v) is 2.98. The Balaban J connectivity index is 2.23. The number of nitrogen functional groups attached to an aromatic ring is 1. The van der Waals surface area contributed by atoms with Crippen LogP contribution >= 0.6 is 0 Å². The van der Waals surface area contributed by atoms with Crippen molar-refractivity contribution in [1.29, 1.82) is 0 Å². The molecule has 0 unspecified atom stereocenters. The van der Waals surface area contributed by atoms with Gasteiger partial charge in [-0.1, -0.05) is 18.2 Å². The molecular weight excluding hydrogens is 371 g/mol. The highest BCUT2D eigenvalue weighted by Crippen LogP contribution is 2.34. The molecule has 0 aliphatic heterocycles. The van der Waals surface area contributed by atoms with E-state index in [0.717, 1.165) is 18.2 Å². The maximum absolute atomic E-state index is 12.9. The number of anilines is 1. The number of nitrogens with two attached hydrogens (primary N) is 1. The van der Waals surface area contributed by atoms with E-state index in [9.17, 15) is 26.4 Å². The van der Waals surface area contributed by atoms with E-state index in [2.05, 4.69) is 4.18 Å². The maximum Gasteiger partial charge on any atom is 0.416 e. The van der Waals surface area contributed by atoms with E-state index in [0.29, 0.717) is 6.08 Å². The minimum atomic E-state index is -4.59. The number of carbonyl (C=O) groups excluding carboxylic acids is 1. The zero-order valence-electron chi connectivity index (χ0n) is 13.4. The highest BCUT2D eigenvalue weighted by atomic mass is 32.2. The van der Waals surface area contributed by atoms with E-state index >= 15 is 0 Å². The van der Waals surface area contributed by atoms with Gasteiger partial charge in [-0.3, -0.25) is 0 Å². The van der Waals surface area contributed by atoms with Crippen molar-refractivity contribution in [2.24, 2.45) is 0 Å². The van der Waals surface area contributed by atoms with Crippen molar-refractivity contribution in [2.45, 2.75) is 18.0 Å². The Morgan fingerprint density at radius 3 is 2.35 bits per heavy atom. The van der Waals surface area contributed by atoms with Crippen molar-refractivity contribution in [2.75, 3.05) is 5.73 Å². The van der Waals surface area contributed by atoms with Crippen molar-refractivity contribution in [3.05, 3.63) is 65.2 Å². The second kappa shape index (κ2) is 7.20. The van der Waals surface area contributed by atoms with Gasteiger partial charge in [-0.2, -0.15) is 21.6 Å². The molecule has 0 aromatic heterocycles. The Morgan fingerprint density at radius 2 is 1.77 bits per heavy atom. The van der Waals surface area contributed by atoms with Gasteiger partial charge in [-0.15, -0.1) is 0 Å². The van der Waals surface area contributed by atoms with Gasteiger partial charge in [-0.05, 0) is 48.4 Å². The highest BCUT2D eigenvalue weighted by molar-refractivity contribution is 7.87. The fourth-order valence-electron chi connectivity index (χ4n) is 2.13. The molecule has 9 heteroatoms. The van der Waals surface area contributed by atoms with Gasteiger partial charge in [0.15, 0.2) is 0 Å². The van der Waals surface area contributed by atoms with Gasteiger partial charge < -0.3 is 9.92 Å². The molecule has 2 rings (SSSR count). The van der Waals surface area contributed by atoms with Gasteiger partial charge in [0, 0.05) is 11.8 Å². The zero-order chi connectivity index (χ0) is 19.5. The predicted octanol–water partition coefficient (Wildman–Crippen LogP) is 3.54. The molecule has 2 N–H and O–H groups in total. The van der Waals surface area contributed by atoms with Crippen molar-refractivity contribution >= 4 is 27.9 Å². The molecule has 138 valence electrons. The number of benzene rings is 2. The molecule has 0 aliphatic rings. The number of alkyl halides is 3. The first kappa shape index (κ1) is 19.5. The molecule has 0 atom stereocenters. The SMILES string of the molecule is Cc1cc(N)c(/C=C/C(=O)OS(=O)(=O)c2ccccc2)cc1C(F)(F)F. The van der Waals surface area contributed by atoms with Crippen LogP contribution in [0, 0.1) is 6.92 Å². The lowest BCUT2D eigenvalue weighted by molar-refractivity contribution is -0.138. The summed E-state index contributed by atoms with van der Waals surface area (Å²) in [4.78, 5) is 11.5. The molecule has 0 spiro atoms. The highest BCUT2D eigenvalue weighted by Gasteiger charge is 2.32. The van der Waals surface area contributed by atoms with Gasteiger partial charge in [0.25, 0.3) is 0 Å². The number of hydrogen-bond donors (Lipinski definition) is 1. The van der Waals surface area contributed by atoms with E-state index in [-0.39, 0.29) is 21.7 Å². The summed E-state index contributed by atoms with van der Waals surface area (Å²) in [6.07, 6.45) is -2.92. The van der Waals surface area contributed by atoms with E-state index in [1.54, 1.807) is 6.07 Å². The smallest absolute Gasteiger partial charge is 0.398 e. The first-order chi connectivity index (χ1) is 12.0. The summed E-state index contributed by atoms with van der Waals surface area (Å²) < 4.78 is 67.0. The summed E-state index contributed by atoms with van der Waals surface area (Å²) in [6, 6.07) is 8.85. The van der Waals surface area contributed by atoms with Crippen LogP contribution in [-0.4, -0.2) is 14.4 Å². The van der Waals surface area contributed by atoms with Crippen molar-refractivity contribution < 1.29 is 30.6 Å². The molecule has 2 aromatic carbocycles. The quantitative estimate of drug-likeness (QED) is 0.494. The average molecular weight is 385 g/mol. The van der Waals surface area contributed by atoms with E-state index in [1.165, 1.54) is 31.2 Å². The lowest BCUT2D eigenvalue weighted by atomic mass is 10.0. The largest absolute Gasteiger partial charge is 0.416 e. The Bertz CT molecular complexity index is 952. The third kappa shape index (κ3) is 4.63. The van der Waals surface area contributed by atoms with E-state index in [4.69, 9.17) is 5.73 Å². The van der Waals surface area contributed by atoms with E-state index in [1.807, 2.05) is 0 Å². The molecular formula is C17H14F3NO4S. The lowest BCUT2D eigenvalue weighted by Crippen LogP contribution is -2.11. The van der Waals surface area contributed by atoms with Crippen LogP contribution in [0.15, 0.2) is 53.4 Å². The summed E-state index contributed by atoms with van der Waals surface area (Å²) in [5, 5.41) is 0. The van der Waals surface area contributed by atoms with Gasteiger partial charge >= 0.3 is 22.3 Å². The molecule has 5 nitrogen and oxygen atoms in total. The Kier molecular flexibility index (Phi) is 5.41. The number of aryl methyl sites for hydroxylation is 1. The zero-order valence-corrected chi connectivity index (χ0v) is 14.3. The molecule has 2 aromatic rings. The lowest BCUT2D eigenvalue weighted by Gasteiger charge is -2.12. The molecule has 0 saturated heterocycles. The van der Waals surface area contributed by atoms with Crippen molar-refractivity contribution in [3.8, 4) is 0 Å². The molecule has 0 bridgehead atoms. The minimum absolute atomic E-state index is 0.00506. The van der Waals surface area contributed by atoms with Crippen LogP contribution in [0.4, 0.5) is 18.9 Å². The van der Waals surface area contributed by atoms with E-state index < -0.39 is 27.8 Å². The van der Waals surface area contributed by atoms with Crippen LogP contribution in [-0.2, 0) is 25.3 Å². The molecule has 0 heterocycles. The summed E-state index contributed by atoms with van der Waals surface area (Å²) >= 11 is 0. The van der Waals surface area contributed by atoms with Crippen LogP contribution in [0.2, 0.25) is 0 Å². The fraction of sp³-hybridized carbons (Fsp3) is 0.118. The van der Waals surface area contributed by atoms with Crippen LogP contribution in [0.25, 0.3) is 6.08 Å². The predicted molar refractivity (Wildman–Crippen MR) is 89.3 cm³/mol. The molecule has 0 amide bonds. The Hall–Kier alpha value is -2.81. The summed E-state index contributed by atoms with van der Waals surface area (Å²) in [5.41, 5.74) is 4.59. The average Bonchev–Trinajstić information content (AvgIpc) is 2.53. The molecule has 0 radical (unpaired) electrons. The molecule has 26 heavy (non-hydrogen) atoms. The number of hydrogen-bond acceptors (Lipinski definition) is 5. The first-order valence-electron chi connectivity index (χ1n) is 7.19. The molecule has 0 saturated carbocycles. The third-order valence-corrected chi connectivity index (χ3v) is 4.59. The summed E-state index contributed by atoms with van der Waals surface area (Å²) in [7, 11) is -4.32. The number of carbonyl (C=O) groups is 1. The number of halogens is 3. The first-order valence-corrected chi connectivity index (χ1v) is 8.60. The summed E-state index contributed by atoms with van der Waals surface area (Å²) in [5.74, 6) is -1.26. The Labute approximate surface area is 148 Å². The van der Waals surface area contributed by atoms with Crippen LogP contribution < -0.4 is 5.73 Å². The monoisotopic (exact) mass is 385 g/mol. The maximum atomic E-state index is 12.9. The Morgan fingerprint density at radius 1 is 1.15 bits per heavy atom. The summed E-state index contributed by atoms with van der Waals surface area (Å²) in [6.45, 7) is 1.26. The van der Waals surface area contributed by atoms with Crippen molar-refractivity contribution in [3.63, 3.8) is 0 Å². The minimum Gasteiger partial charge on any atom is -0.398 e. The van der Waals surface area contributed by atoms with Gasteiger partial charge in [0.05, 0.1) is 5.56 Å². The van der Waals surface area contributed by atoms with Crippen molar-refractivity contribution in [1.82, 2.24) is 0 Å². The standard InChI is InChI=1S/C17H14F3NO4S/c1-11-9-15(21)12(10-14(11)17(18,19)20)7-8-16(22)25-26(23,24)13-5-3-2-4-6-13/h2-10H,21H2,1H3/b8-7+. The second-order valence-corrected chi connectivity index (χ2v) is 6.84. The number of rotatable bonds is 4. The normalized spacial score (nSPS) is 12.3. The van der Waals surface area contributed by atoms with Gasteiger partial charge in [-0.25, -0.2) is 4.79 Å². The van der Waals surface area contributed by atoms with Crippen LogP contribution in [0.1, 0.15) is 16.7 Å². The van der Waals surface area contributed by atoms with Crippen LogP contribution in [0.5, 0.6) is 0 Å². The van der Waals surface area contributed by atoms with Gasteiger partial charge in [0.2, 0.25) is 0 Å². The topological polar surface area (TPSA) is 86.5 Å². The second-order valence-electron chi connectivity index (χ2n) is 5.30. The van der Waals surface area contributed by atoms with Crippen LogP contribution in [0.3, 0.4) is 0 Å². The van der Waals surface area contributed by atoms with Gasteiger partial charge in [0.1, 0.15) is 4.90 Å². The third-order valence-electron chi connectivity index (χ3n) is 3.36. The molecule has 0 aliphatic carbocycles.